The van der Waals surface area contributed by atoms with Crippen LogP contribution in [-0.4, -0.2) is 28.7 Å². The Morgan fingerprint density at radius 1 is 1.50 bits per heavy atom. The largest absolute Gasteiger partial charge is 0.497 e. The van der Waals surface area contributed by atoms with Crippen molar-refractivity contribution >= 4 is 16.8 Å². The second kappa shape index (κ2) is 4.23. The molecule has 0 heterocycles. The molecular weight excluding hydrogens is 204 g/mol. The molecule has 14 heavy (non-hydrogen) atoms. The Labute approximate surface area is 84.0 Å². The van der Waals surface area contributed by atoms with Crippen LogP contribution in [0.5, 0.6) is 5.75 Å². The van der Waals surface area contributed by atoms with E-state index in [0.717, 1.165) is 0 Å². The summed E-state index contributed by atoms with van der Waals surface area (Å²) in [6.45, 7) is 0. The minimum absolute atomic E-state index is 0.0187. The molecule has 0 bridgehead atoms. The molecule has 1 aromatic carbocycles. The van der Waals surface area contributed by atoms with Crippen molar-refractivity contribution in [2.24, 2.45) is 0 Å². The number of carboxylic acids is 1. The summed E-state index contributed by atoms with van der Waals surface area (Å²) in [4.78, 5) is 11.1. The van der Waals surface area contributed by atoms with Gasteiger partial charge in [-0.25, -0.2) is 4.79 Å². The van der Waals surface area contributed by atoms with Crippen LogP contribution in [0, 0.1) is 0 Å². The molecular formula is C9H10O4S. The molecule has 1 atom stereocenters. The van der Waals surface area contributed by atoms with Gasteiger partial charge in [-0.2, -0.15) is 0 Å². The zero-order valence-corrected chi connectivity index (χ0v) is 8.63. The fourth-order valence-electron chi connectivity index (χ4n) is 1.05. The topological polar surface area (TPSA) is 63.6 Å². The average molecular weight is 214 g/mol. The predicted molar refractivity (Wildman–Crippen MR) is 52.3 cm³/mol. The number of aromatic carboxylic acids is 1. The minimum Gasteiger partial charge on any atom is -0.497 e. The van der Waals surface area contributed by atoms with Crippen molar-refractivity contribution in [2.45, 2.75) is 4.90 Å². The highest BCUT2D eigenvalue weighted by Crippen LogP contribution is 2.19. The van der Waals surface area contributed by atoms with Crippen LogP contribution in [-0.2, 0) is 10.8 Å². The van der Waals surface area contributed by atoms with Gasteiger partial charge in [0, 0.05) is 6.26 Å². The molecule has 0 aliphatic carbocycles. The third kappa shape index (κ3) is 2.11. The van der Waals surface area contributed by atoms with E-state index in [1.807, 2.05) is 0 Å². The third-order valence-electron chi connectivity index (χ3n) is 1.73. The predicted octanol–water partition coefficient (Wildman–Crippen LogP) is 1.13. The number of ether oxygens (including phenoxy) is 1. The van der Waals surface area contributed by atoms with Crippen LogP contribution in [0.15, 0.2) is 23.1 Å². The Bertz CT molecular complexity index is 386. The monoisotopic (exact) mass is 214 g/mol. The second-order valence-electron chi connectivity index (χ2n) is 2.62. The molecule has 1 N–H and O–H groups in total. The summed E-state index contributed by atoms with van der Waals surface area (Å²) in [6, 6.07) is 4.45. The van der Waals surface area contributed by atoms with Crippen molar-refractivity contribution in [3.05, 3.63) is 23.8 Å². The summed E-state index contributed by atoms with van der Waals surface area (Å²) < 4.78 is 16.1. The lowest BCUT2D eigenvalue weighted by Gasteiger charge is -2.05. The van der Waals surface area contributed by atoms with Gasteiger partial charge in [0.15, 0.2) is 0 Å². The van der Waals surface area contributed by atoms with Gasteiger partial charge in [0.05, 0.1) is 28.4 Å². The zero-order valence-electron chi connectivity index (χ0n) is 7.81. The first-order chi connectivity index (χ1) is 6.56. The van der Waals surface area contributed by atoms with Gasteiger partial charge in [0.25, 0.3) is 0 Å². The van der Waals surface area contributed by atoms with E-state index in [0.29, 0.717) is 10.6 Å². The molecule has 1 aromatic rings. The summed E-state index contributed by atoms with van der Waals surface area (Å²) in [7, 11) is 0.140. The summed E-state index contributed by atoms with van der Waals surface area (Å²) in [5.41, 5.74) is 0.0187. The second-order valence-corrected chi connectivity index (χ2v) is 3.97. The third-order valence-corrected chi connectivity index (χ3v) is 2.70. The van der Waals surface area contributed by atoms with Crippen molar-refractivity contribution in [3.63, 3.8) is 0 Å². The SMILES string of the molecule is COc1ccc(S(C)=O)c(C(=O)O)c1. The van der Waals surface area contributed by atoms with E-state index in [1.165, 1.54) is 25.5 Å². The molecule has 0 radical (unpaired) electrons. The molecule has 1 unspecified atom stereocenters. The lowest BCUT2D eigenvalue weighted by Crippen LogP contribution is -2.03. The molecule has 4 nitrogen and oxygen atoms in total. The molecule has 0 spiro atoms. The summed E-state index contributed by atoms with van der Waals surface area (Å²) >= 11 is 0. The number of methoxy groups -OCH3 is 1. The van der Waals surface area contributed by atoms with Gasteiger partial charge in [-0.1, -0.05) is 0 Å². The molecule has 0 amide bonds. The number of carboxylic acid groups (broad SMARTS) is 1. The highest BCUT2D eigenvalue weighted by Gasteiger charge is 2.13. The highest BCUT2D eigenvalue weighted by molar-refractivity contribution is 7.84. The molecule has 0 saturated carbocycles. The summed E-state index contributed by atoms with van der Waals surface area (Å²) in [5.74, 6) is -0.661. The van der Waals surface area contributed by atoms with E-state index >= 15 is 0 Å². The molecule has 0 fully saturated rings. The Kier molecular flexibility index (Phi) is 3.24. The van der Waals surface area contributed by atoms with E-state index in [4.69, 9.17) is 9.84 Å². The maximum absolute atomic E-state index is 11.2. The Hall–Kier alpha value is -1.36. The highest BCUT2D eigenvalue weighted by atomic mass is 32.2. The van der Waals surface area contributed by atoms with Crippen LogP contribution in [0.4, 0.5) is 0 Å². The van der Waals surface area contributed by atoms with E-state index < -0.39 is 16.8 Å². The maximum atomic E-state index is 11.2. The Balaban J connectivity index is 3.31. The van der Waals surface area contributed by atoms with Gasteiger partial charge < -0.3 is 9.84 Å². The molecule has 0 aromatic heterocycles. The molecule has 0 saturated heterocycles. The molecule has 76 valence electrons. The first kappa shape index (κ1) is 10.7. The Morgan fingerprint density at radius 3 is 2.57 bits per heavy atom. The van der Waals surface area contributed by atoms with E-state index in [-0.39, 0.29) is 5.56 Å². The lowest BCUT2D eigenvalue weighted by atomic mass is 10.2. The van der Waals surface area contributed by atoms with Crippen LogP contribution in [0.1, 0.15) is 10.4 Å². The standard InChI is InChI=1S/C9H10O4S/c1-13-6-3-4-8(14(2)12)7(5-6)9(10)11/h3-5H,1-2H3,(H,10,11). The minimum atomic E-state index is -1.31. The first-order valence-electron chi connectivity index (χ1n) is 3.81. The maximum Gasteiger partial charge on any atom is 0.337 e. The van der Waals surface area contributed by atoms with Gasteiger partial charge in [-0.05, 0) is 18.2 Å². The van der Waals surface area contributed by atoms with E-state index in [9.17, 15) is 9.00 Å². The van der Waals surface area contributed by atoms with Crippen molar-refractivity contribution in [1.29, 1.82) is 0 Å². The van der Waals surface area contributed by atoms with Crippen LogP contribution < -0.4 is 4.74 Å². The number of hydrogen-bond donors (Lipinski definition) is 1. The van der Waals surface area contributed by atoms with Crippen molar-refractivity contribution in [1.82, 2.24) is 0 Å². The van der Waals surface area contributed by atoms with Gasteiger partial charge in [0.2, 0.25) is 0 Å². The summed E-state index contributed by atoms with van der Waals surface area (Å²) in [6.07, 6.45) is 1.44. The van der Waals surface area contributed by atoms with Crippen LogP contribution in [0.2, 0.25) is 0 Å². The zero-order chi connectivity index (χ0) is 10.7. The van der Waals surface area contributed by atoms with Crippen LogP contribution in [0.3, 0.4) is 0 Å². The van der Waals surface area contributed by atoms with Gasteiger partial charge >= 0.3 is 5.97 Å². The Morgan fingerprint density at radius 2 is 2.14 bits per heavy atom. The fourth-order valence-corrected chi connectivity index (χ4v) is 1.77. The number of hydrogen-bond acceptors (Lipinski definition) is 3. The number of carbonyl (C=O) groups is 1. The van der Waals surface area contributed by atoms with Crippen LogP contribution in [0.25, 0.3) is 0 Å². The average Bonchev–Trinajstić information content (AvgIpc) is 2.16. The number of rotatable bonds is 3. The lowest BCUT2D eigenvalue weighted by molar-refractivity contribution is 0.0692. The van der Waals surface area contributed by atoms with Crippen molar-refractivity contribution in [2.75, 3.05) is 13.4 Å². The van der Waals surface area contributed by atoms with Gasteiger partial charge in [0.1, 0.15) is 5.75 Å². The van der Waals surface area contributed by atoms with E-state index in [1.54, 1.807) is 6.07 Å². The van der Waals surface area contributed by atoms with Crippen molar-refractivity contribution in [3.8, 4) is 5.75 Å². The fraction of sp³-hybridized carbons (Fsp3) is 0.222. The first-order valence-corrected chi connectivity index (χ1v) is 5.37. The molecule has 1 rings (SSSR count). The summed E-state index contributed by atoms with van der Waals surface area (Å²) in [5, 5.41) is 8.84. The molecule has 0 aliphatic heterocycles. The smallest absolute Gasteiger partial charge is 0.337 e. The number of benzene rings is 1. The molecule has 5 heteroatoms. The normalized spacial score (nSPS) is 12.1. The van der Waals surface area contributed by atoms with Crippen molar-refractivity contribution < 1.29 is 18.8 Å². The molecule has 0 aliphatic rings. The van der Waals surface area contributed by atoms with Gasteiger partial charge in [-0.15, -0.1) is 0 Å². The van der Waals surface area contributed by atoms with Gasteiger partial charge in [-0.3, -0.25) is 4.21 Å². The van der Waals surface area contributed by atoms with E-state index in [2.05, 4.69) is 0 Å². The van der Waals surface area contributed by atoms with Crippen LogP contribution >= 0.6 is 0 Å². The quantitative estimate of drug-likeness (QED) is 0.819.